The molecule has 1 aromatic rings. The van der Waals surface area contributed by atoms with E-state index in [0.717, 1.165) is 38.5 Å². The van der Waals surface area contributed by atoms with Crippen molar-refractivity contribution in [1.82, 2.24) is 9.80 Å². The molecular weight excluding hydrogens is 332 g/mol. The monoisotopic (exact) mass is 364 g/mol. The standard InChI is InChI=1S/C20H32N2O2S/c1-17(25-16-18-8-6-5-7-9-18)10-11-21-12-14-22(15-13-21)19(23)24-20(2,3)4/h5-9,17H,10-16H2,1-4H3/t17-/m0/s1. The number of carbonyl (C=O) groups is 1. The summed E-state index contributed by atoms with van der Waals surface area (Å²) in [5.74, 6) is 1.08. The molecule has 1 saturated heterocycles. The van der Waals surface area contributed by atoms with E-state index >= 15 is 0 Å². The summed E-state index contributed by atoms with van der Waals surface area (Å²) in [7, 11) is 0. The van der Waals surface area contributed by atoms with Gasteiger partial charge in [-0.1, -0.05) is 37.3 Å². The molecule has 0 bridgehead atoms. The van der Waals surface area contributed by atoms with Crippen molar-refractivity contribution in [1.29, 1.82) is 0 Å². The fourth-order valence-electron chi connectivity index (χ4n) is 2.74. The second-order valence-corrected chi connectivity index (χ2v) is 9.13. The average Bonchev–Trinajstić information content (AvgIpc) is 2.58. The average molecular weight is 365 g/mol. The predicted molar refractivity (Wildman–Crippen MR) is 106 cm³/mol. The van der Waals surface area contributed by atoms with Crippen LogP contribution in [0, 0.1) is 0 Å². The van der Waals surface area contributed by atoms with Crippen molar-refractivity contribution in [2.75, 3.05) is 32.7 Å². The van der Waals surface area contributed by atoms with E-state index in [1.165, 1.54) is 12.0 Å². The van der Waals surface area contributed by atoms with Gasteiger partial charge in [0.05, 0.1) is 0 Å². The molecule has 1 amide bonds. The maximum Gasteiger partial charge on any atom is 0.410 e. The molecule has 1 atom stereocenters. The van der Waals surface area contributed by atoms with Crippen molar-refractivity contribution in [3.8, 4) is 0 Å². The van der Waals surface area contributed by atoms with Crippen LogP contribution in [-0.2, 0) is 10.5 Å². The van der Waals surface area contributed by atoms with E-state index in [-0.39, 0.29) is 6.09 Å². The Kier molecular flexibility index (Phi) is 7.63. The number of benzene rings is 1. The minimum atomic E-state index is -0.417. The van der Waals surface area contributed by atoms with Gasteiger partial charge in [-0.2, -0.15) is 11.8 Å². The van der Waals surface area contributed by atoms with Gasteiger partial charge in [-0.15, -0.1) is 0 Å². The summed E-state index contributed by atoms with van der Waals surface area (Å²) in [6.45, 7) is 12.6. The number of rotatable bonds is 6. The molecule has 4 nitrogen and oxygen atoms in total. The molecule has 0 saturated carbocycles. The minimum Gasteiger partial charge on any atom is -0.444 e. The van der Waals surface area contributed by atoms with Gasteiger partial charge < -0.3 is 9.64 Å². The Hall–Kier alpha value is -1.20. The molecule has 5 heteroatoms. The van der Waals surface area contributed by atoms with Crippen LogP contribution in [0.4, 0.5) is 4.79 Å². The molecule has 0 aromatic heterocycles. The number of nitrogens with zero attached hydrogens (tertiary/aromatic N) is 2. The molecule has 25 heavy (non-hydrogen) atoms. The van der Waals surface area contributed by atoms with Crippen LogP contribution in [-0.4, -0.2) is 59.5 Å². The molecule has 0 aliphatic carbocycles. The molecule has 1 aliphatic heterocycles. The first kappa shape index (κ1) is 20.1. The van der Waals surface area contributed by atoms with Gasteiger partial charge in [-0.3, -0.25) is 4.90 Å². The number of ether oxygens (including phenoxy) is 1. The van der Waals surface area contributed by atoms with E-state index in [0.29, 0.717) is 5.25 Å². The number of hydrogen-bond donors (Lipinski definition) is 0. The van der Waals surface area contributed by atoms with Gasteiger partial charge in [0.15, 0.2) is 0 Å². The van der Waals surface area contributed by atoms with Crippen molar-refractivity contribution in [2.24, 2.45) is 0 Å². The first-order valence-corrected chi connectivity index (χ1v) is 10.2. The number of piperazine rings is 1. The van der Waals surface area contributed by atoms with Crippen LogP contribution in [0.1, 0.15) is 39.7 Å². The SMILES string of the molecule is C[C@@H](CCN1CCN(C(=O)OC(C)(C)C)CC1)SCc1ccccc1. The zero-order valence-corrected chi connectivity index (χ0v) is 16.8. The summed E-state index contributed by atoms with van der Waals surface area (Å²) >= 11 is 2.02. The summed E-state index contributed by atoms with van der Waals surface area (Å²) < 4.78 is 5.45. The molecular formula is C20H32N2O2S. The molecule has 1 fully saturated rings. The van der Waals surface area contributed by atoms with Crippen molar-refractivity contribution >= 4 is 17.9 Å². The number of carbonyl (C=O) groups excluding carboxylic acids is 1. The molecule has 0 spiro atoms. The number of hydrogen-bond acceptors (Lipinski definition) is 4. The van der Waals surface area contributed by atoms with E-state index in [9.17, 15) is 4.79 Å². The van der Waals surface area contributed by atoms with Crippen LogP contribution in [0.2, 0.25) is 0 Å². The summed E-state index contributed by atoms with van der Waals surface area (Å²) in [6, 6.07) is 10.6. The summed E-state index contributed by atoms with van der Waals surface area (Å²) in [4.78, 5) is 16.4. The Balaban J connectivity index is 1.62. The first-order valence-electron chi connectivity index (χ1n) is 9.19. The molecule has 0 N–H and O–H groups in total. The minimum absolute atomic E-state index is 0.182. The van der Waals surface area contributed by atoms with Crippen molar-refractivity contribution < 1.29 is 9.53 Å². The van der Waals surface area contributed by atoms with Crippen molar-refractivity contribution in [2.45, 2.75) is 50.7 Å². The van der Waals surface area contributed by atoms with Gasteiger partial charge in [0, 0.05) is 37.2 Å². The fourth-order valence-corrected chi connectivity index (χ4v) is 3.68. The number of amides is 1. The van der Waals surface area contributed by atoms with E-state index < -0.39 is 5.60 Å². The predicted octanol–water partition coefficient (Wildman–Crippen LogP) is 4.25. The normalized spacial score (nSPS) is 17.4. The molecule has 0 unspecified atom stereocenters. The van der Waals surface area contributed by atoms with Gasteiger partial charge in [0.25, 0.3) is 0 Å². The van der Waals surface area contributed by atoms with Gasteiger partial charge in [0.2, 0.25) is 0 Å². The lowest BCUT2D eigenvalue weighted by Crippen LogP contribution is -2.50. The second-order valence-electron chi connectivity index (χ2n) is 7.70. The topological polar surface area (TPSA) is 32.8 Å². The molecule has 0 radical (unpaired) electrons. The highest BCUT2D eigenvalue weighted by Crippen LogP contribution is 2.20. The van der Waals surface area contributed by atoms with Gasteiger partial charge in [0.1, 0.15) is 5.60 Å². The van der Waals surface area contributed by atoms with Crippen LogP contribution >= 0.6 is 11.8 Å². The number of thioether (sulfide) groups is 1. The zero-order valence-electron chi connectivity index (χ0n) is 16.0. The Morgan fingerprint density at radius 3 is 2.40 bits per heavy atom. The largest absolute Gasteiger partial charge is 0.444 e. The smallest absolute Gasteiger partial charge is 0.410 e. The van der Waals surface area contributed by atoms with Crippen LogP contribution < -0.4 is 0 Å². The maximum atomic E-state index is 12.1. The molecule has 1 aliphatic rings. The first-order chi connectivity index (χ1) is 11.8. The highest BCUT2D eigenvalue weighted by Gasteiger charge is 2.25. The Bertz CT molecular complexity index is 522. The van der Waals surface area contributed by atoms with Crippen molar-refractivity contribution in [3.05, 3.63) is 35.9 Å². The van der Waals surface area contributed by atoms with Crippen LogP contribution in [0.5, 0.6) is 0 Å². The van der Waals surface area contributed by atoms with Crippen molar-refractivity contribution in [3.63, 3.8) is 0 Å². The van der Waals surface area contributed by atoms with E-state index in [1.807, 2.05) is 37.4 Å². The lowest BCUT2D eigenvalue weighted by molar-refractivity contribution is 0.0144. The van der Waals surface area contributed by atoms with E-state index in [1.54, 1.807) is 0 Å². The summed E-state index contributed by atoms with van der Waals surface area (Å²) in [6.07, 6.45) is 1.00. The molecule has 1 aromatic carbocycles. The molecule has 2 rings (SSSR count). The maximum absolute atomic E-state index is 12.1. The third-order valence-corrected chi connectivity index (χ3v) is 5.56. The molecule has 140 valence electrons. The van der Waals surface area contributed by atoms with Crippen LogP contribution in [0.15, 0.2) is 30.3 Å². The van der Waals surface area contributed by atoms with Gasteiger partial charge in [-0.25, -0.2) is 4.79 Å². The Morgan fingerprint density at radius 1 is 1.16 bits per heavy atom. The van der Waals surface area contributed by atoms with Crippen LogP contribution in [0.25, 0.3) is 0 Å². The summed E-state index contributed by atoms with van der Waals surface area (Å²) in [5.41, 5.74) is 0.977. The van der Waals surface area contributed by atoms with E-state index in [2.05, 4.69) is 42.2 Å². The Morgan fingerprint density at radius 2 is 1.80 bits per heavy atom. The fraction of sp³-hybridized carbons (Fsp3) is 0.650. The third-order valence-electron chi connectivity index (χ3n) is 4.25. The highest BCUT2D eigenvalue weighted by atomic mass is 32.2. The van der Waals surface area contributed by atoms with Crippen LogP contribution in [0.3, 0.4) is 0 Å². The quantitative estimate of drug-likeness (QED) is 0.755. The second kappa shape index (κ2) is 9.48. The lowest BCUT2D eigenvalue weighted by atomic mass is 10.2. The van der Waals surface area contributed by atoms with E-state index in [4.69, 9.17) is 4.74 Å². The molecule has 1 heterocycles. The Labute approximate surface area is 156 Å². The summed E-state index contributed by atoms with van der Waals surface area (Å²) in [5, 5.41) is 0.643. The van der Waals surface area contributed by atoms with Gasteiger partial charge in [-0.05, 0) is 39.3 Å². The zero-order chi connectivity index (χ0) is 18.3. The lowest BCUT2D eigenvalue weighted by Gasteiger charge is -2.35. The highest BCUT2D eigenvalue weighted by molar-refractivity contribution is 7.99. The third kappa shape index (κ3) is 7.70. The van der Waals surface area contributed by atoms with Gasteiger partial charge >= 0.3 is 6.09 Å².